The average molecular weight is 265 g/mol. The van der Waals surface area contributed by atoms with E-state index < -0.39 is 5.92 Å². The zero-order valence-corrected chi connectivity index (χ0v) is 11.1. The predicted octanol–water partition coefficient (Wildman–Crippen LogP) is 0.736. The smallest absolute Gasteiger partial charge is 0.230 e. The van der Waals surface area contributed by atoms with E-state index >= 15 is 0 Å². The molecule has 1 rings (SSSR count). The van der Waals surface area contributed by atoms with E-state index in [0.717, 1.165) is 11.3 Å². The summed E-state index contributed by atoms with van der Waals surface area (Å²) in [5.41, 5.74) is 6.43. The molecule has 1 aromatic rings. The number of amides is 1. The molecule has 19 heavy (non-hydrogen) atoms. The van der Waals surface area contributed by atoms with Gasteiger partial charge in [-0.2, -0.15) is 0 Å². The van der Waals surface area contributed by atoms with Crippen molar-refractivity contribution in [3.8, 4) is 5.75 Å². The van der Waals surface area contributed by atoms with Crippen molar-refractivity contribution in [2.24, 2.45) is 16.8 Å². The van der Waals surface area contributed by atoms with E-state index in [9.17, 15) is 4.79 Å². The van der Waals surface area contributed by atoms with E-state index in [1.807, 2.05) is 24.3 Å². The molecule has 0 saturated heterocycles. The standard InChI is InChI=1S/C13H19N3O3/c1-9(12(14)16-18)13(17)15-7-6-10-4-3-5-11(8-10)19-2/h3-5,8-9,18H,6-7H2,1-2H3,(H2,14,16)(H,15,17). The fraction of sp³-hybridized carbons (Fsp3) is 0.385. The molecule has 0 aromatic heterocycles. The molecule has 0 saturated carbocycles. The van der Waals surface area contributed by atoms with Crippen molar-refractivity contribution in [2.75, 3.05) is 13.7 Å². The minimum absolute atomic E-state index is 0.0983. The lowest BCUT2D eigenvalue weighted by Gasteiger charge is -2.10. The number of nitrogens with two attached hydrogens (primary N) is 1. The molecule has 1 atom stereocenters. The molecule has 1 aromatic carbocycles. The third-order valence-electron chi connectivity index (χ3n) is 2.80. The van der Waals surface area contributed by atoms with Crippen molar-refractivity contribution in [2.45, 2.75) is 13.3 Å². The molecule has 0 aliphatic rings. The Bertz CT molecular complexity index is 460. The minimum atomic E-state index is -0.643. The Balaban J connectivity index is 2.43. The van der Waals surface area contributed by atoms with Gasteiger partial charge in [0.2, 0.25) is 5.91 Å². The highest BCUT2D eigenvalue weighted by Crippen LogP contribution is 2.12. The number of methoxy groups -OCH3 is 1. The second kappa shape index (κ2) is 7.25. The lowest BCUT2D eigenvalue weighted by Crippen LogP contribution is -2.38. The summed E-state index contributed by atoms with van der Waals surface area (Å²) in [5, 5.41) is 14.0. The van der Waals surface area contributed by atoms with Crippen LogP contribution in [0.25, 0.3) is 0 Å². The van der Waals surface area contributed by atoms with Crippen LogP contribution < -0.4 is 15.8 Å². The number of hydrogen-bond acceptors (Lipinski definition) is 4. The number of oxime groups is 1. The molecule has 1 unspecified atom stereocenters. The first-order valence-electron chi connectivity index (χ1n) is 5.96. The third-order valence-corrected chi connectivity index (χ3v) is 2.80. The van der Waals surface area contributed by atoms with Crippen LogP contribution in [0.2, 0.25) is 0 Å². The molecule has 0 aliphatic heterocycles. The zero-order valence-electron chi connectivity index (χ0n) is 11.1. The quantitative estimate of drug-likeness (QED) is 0.306. The molecule has 0 radical (unpaired) electrons. The van der Waals surface area contributed by atoms with Crippen LogP contribution >= 0.6 is 0 Å². The number of hydrogen-bond donors (Lipinski definition) is 3. The van der Waals surface area contributed by atoms with Gasteiger partial charge in [0.1, 0.15) is 5.75 Å². The van der Waals surface area contributed by atoms with Gasteiger partial charge in [-0.05, 0) is 31.0 Å². The Kier molecular flexibility index (Phi) is 5.66. The van der Waals surface area contributed by atoms with Gasteiger partial charge in [0.15, 0.2) is 5.84 Å². The molecule has 0 aliphatic carbocycles. The van der Waals surface area contributed by atoms with Gasteiger partial charge in [-0.25, -0.2) is 0 Å². The van der Waals surface area contributed by atoms with Gasteiger partial charge in [0, 0.05) is 6.54 Å². The average Bonchev–Trinajstić information content (AvgIpc) is 2.45. The van der Waals surface area contributed by atoms with Crippen LogP contribution in [0.3, 0.4) is 0 Å². The molecule has 6 nitrogen and oxygen atoms in total. The Morgan fingerprint density at radius 1 is 1.58 bits per heavy atom. The van der Waals surface area contributed by atoms with Crippen LogP contribution in [0.4, 0.5) is 0 Å². The van der Waals surface area contributed by atoms with Crippen LogP contribution in [0.1, 0.15) is 12.5 Å². The number of carbonyl (C=O) groups excluding carboxylic acids is 1. The monoisotopic (exact) mass is 265 g/mol. The van der Waals surface area contributed by atoms with Crippen LogP contribution in [-0.4, -0.2) is 30.6 Å². The number of benzene rings is 1. The molecule has 0 fully saturated rings. The number of ether oxygens (including phenoxy) is 1. The van der Waals surface area contributed by atoms with Crippen LogP contribution in [-0.2, 0) is 11.2 Å². The van der Waals surface area contributed by atoms with Gasteiger partial charge in [-0.3, -0.25) is 4.79 Å². The predicted molar refractivity (Wildman–Crippen MR) is 72.3 cm³/mol. The first-order chi connectivity index (χ1) is 9.08. The summed E-state index contributed by atoms with van der Waals surface area (Å²) in [6, 6.07) is 7.64. The van der Waals surface area contributed by atoms with E-state index in [1.54, 1.807) is 14.0 Å². The normalized spacial score (nSPS) is 12.8. The Morgan fingerprint density at radius 3 is 2.95 bits per heavy atom. The summed E-state index contributed by atoms with van der Waals surface area (Å²) in [7, 11) is 1.61. The maximum Gasteiger partial charge on any atom is 0.230 e. The number of amidine groups is 1. The Labute approximate surface area is 112 Å². The summed E-state index contributed by atoms with van der Waals surface area (Å²) in [6.07, 6.45) is 0.686. The van der Waals surface area contributed by atoms with Crippen molar-refractivity contribution in [3.63, 3.8) is 0 Å². The highest BCUT2D eigenvalue weighted by molar-refractivity contribution is 6.01. The molecule has 0 bridgehead atoms. The molecular formula is C13H19N3O3. The summed E-state index contributed by atoms with van der Waals surface area (Å²) in [4.78, 5) is 11.6. The third kappa shape index (κ3) is 4.50. The fourth-order valence-electron chi connectivity index (χ4n) is 1.53. The van der Waals surface area contributed by atoms with Gasteiger partial charge in [-0.15, -0.1) is 0 Å². The van der Waals surface area contributed by atoms with Gasteiger partial charge in [0.25, 0.3) is 0 Å². The number of nitrogens with one attached hydrogen (secondary N) is 1. The highest BCUT2D eigenvalue weighted by atomic mass is 16.5. The van der Waals surface area contributed by atoms with Crippen molar-refractivity contribution in [3.05, 3.63) is 29.8 Å². The number of nitrogens with zero attached hydrogens (tertiary/aromatic N) is 1. The molecule has 1 amide bonds. The summed E-state index contributed by atoms with van der Waals surface area (Å²) < 4.78 is 5.12. The van der Waals surface area contributed by atoms with Crippen LogP contribution in [0.5, 0.6) is 5.75 Å². The van der Waals surface area contributed by atoms with Crippen molar-refractivity contribution in [1.29, 1.82) is 0 Å². The largest absolute Gasteiger partial charge is 0.497 e. The van der Waals surface area contributed by atoms with Crippen LogP contribution in [0, 0.1) is 5.92 Å². The number of carbonyl (C=O) groups is 1. The molecule has 0 spiro atoms. The molecule has 4 N–H and O–H groups in total. The minimum Gasteiger partial charge on any atom is -0.497 e. The zero-order chi connectivity index (χ0) is 14.3. The van der Waals surface area contributed by atoms with Crippen molar-refractivity contribution < 1.29 is 14.7 Å². The maximum atomic E-state index is 11.6. The van der Waals surface area contributed by atoms with E-state index in [2.05, 4.69) is 10.5 Å². The number of rotatable bonds is 6. The first kappa shape index (κ1) is 14.8. The summed E-state index contributed by atoms with van der Waals surface area (Å²) in [6.45, 7) is 2.06. The van der Waals surface area contributed by atoms with Gasteiger partial charge >= 0.3 is 0 Å². The van der Waals surface area contributed by atoms with E-state index in [0.29, 0.717) is 13.0 Å². The maximum absolute atomic E-state index is 11.6. The van der Waals surface area contributed by atoms with E-state index in [4.69, 9.17) is 15.7 Å². The topological polar surface area (TPSA) is 96.9 Å². The molecule has 104 valence electrons. The van der Waals surface area contributed by atoms with Crippen molar-refractivity contribution >= 4 is 11.7 Å². The van der Waals surface area contributed by atoms with Crippen LogP contribution in [0.15, 0.2) is 29.4 Å². The van der Waals surface area contributed by atoms with Crippen molar-refractivity contribution in [1.82, 2.24) is 5.32 Å². The van der Waals surface area contributed by atoms with E-state index in [1.165, 1.54) is 0 Å². The Morgan fingerprint density at radius 2 is 2.32 bits per heavy atom. The summed E-state index contributed by atoms with van der Waals surface area (Å²) in [5.74, 6) is -0.221. The lowest BCUT2D eigenvalue weighted by molar-refractivity contribution is -0.122. The van der Waals surface area contributed by atoms with Gasteiger partial charge in [-0.1, -0.05) is 17.3 Å². The first-order valence-corrected chi connectivity index (χ1v) is 5.96. The second-order valence-electron chi connectivity index (χ2n) is 4.14. The Hall–Kier alpha value is -2.24. The second-order valence-corrected chi connectivity index (χ2v) is 4.14. The lowest BCUT2D eigenvalue weighted by atomic mass is 10.1. The van der Waals surface area contributed by atoms with Gasteiger partial charge < -0.3 is 21.0 Å². The molecule has 6 heteroatoms. The summed E-state index contributed by atoms with van der Waals surface area (Å²) >= 11 is 0. The fourth-order valence-corrected chi connectivity index (χ4v) is 1.53. The molecular weight excluding hydrogens is 246 g/mol. The van der Waals surface area contributed by atoms with E-state index in [-0.39, 0.29) is 11.7 Å². The molecule has 0 heterocycles. The highest BCUT2D eigenvalue weighted by Gasteiger charge is 2.16. The SMILES string of the molecule is COc1cccc(CCNC(=O)C(C)/C(N)=N/O)c1. The van der Waals surface area contributed by atoms with Gasteiger partial charge in [0.05, 0.1) is 13.0 Å².